The van der Waals surface area contributed by atoms with E-state index in [1.54, 1.807) is 16.8 Å². The normalized spacial score (nSPS) is 10.4. The molecule has 3 rings (SSSR count). The van der Waals surface area contributed by atoms with Crippen molar-refractivity contribution in [1.82, 2.24) is 0 Å². The first-order valence-electron chi connectivity index (χ1n) is 9.28. The van der Waals surface area contributed by atoms with Crippen molar-refractivity contribution in [2.75, 3.05) is 16.8 Å². The summed E-state index contributed by atoms with van der Waals surface area (Å²) >= 11 is 0. The molecule has 0 aliphatic carbocycles. The molecule has 28 heavy (non-hydrogen) atoms. The summed E-state index contributed by atoms with van der Waals surface area (Å²) in [5.41, 5.74) is 3.60. The van der Waals surface area contributed by atoms with E-state index in [4.69, 9.17) is 0 Å². The Balaban J connectivity index is 1.79. The van der Waals surface area contributed by atoms with E-state index in [9.17, 15) is 9.59 Å². The lowest BCUT2D eigenvalue weighted by atomic mass is 10.1. The van der Waals surface area contributed by atoms with E-state index in [1.165, 1.54) is 0 Å². The van der Waals surface area contributed by atoms with Crippen molar-refractivity contribution in [2.45, 2.75) is 19.9 Å². The van der Waals surface area contributed by atoms with Crippen LogP contribution >= 0.6 is 0 Å². The van der Waals surface area contributed by atoms with Crippen LogP contribution in [0.5, 0.6) is 0 Å². The van der Waals surface area contributed by atoms with Crippen molar-refractivity contribution in [3.05, 3.63) is 96.1 Å². The number of hydrogen-bond acceptors (Lipinski definition) is 2. The van der Waals surface area contributed by atoms with E-state index in [1.807, 2.05) is 91.9 Å². The first kappa shape index (κ1) is 19.4. The Kier molecular flexibility index (Phi) is 6.22. The predicted octanol–water partition coefficient (Wildman–Crippen LogP) is 4.58. The zero-order valence-corrected chi connectivity index (χ0v) is 16.2. The van der Waals surface area contributed by atoms with Crippen molar-refractivity contribution in [2.24, 2.45) is 0 Å². The minimum atomic E-state index is -0.228. The molecule has 0 atom stereocenters. The van der Waals surface area contributed by atoms with Crippen LogP contribution in [0.1, 0.15) is 17.5 Å². The van der Waals surface area contributed by atoms with E-state index in [0.717, 1.165) is 22.5 Å². The van der Waals surface area contributed by atoms with E-state index in [0.29, 0.717) is 6.54 Å². The molecule has 3 aromatic rings. The Hall–Kier alpha value is -3.40. The van der Waals surface area contributed by atoms with Gasteiger partial charge in [0.05, 0.1) is 6.54 Å². The average molecular weight is 372 g/mol. The fourth-order valence-electron chi connectivity index (χ4n) is 3.11. The molecule has 0 unspecified atom stereocenters. The molecule has 4 nitrogen and oxygen atoms in total. The Morgan fingerprint density at radius 1 is 0.750 bits per heavy atom. The molecule has 4 heteroatoms. The maximum absolute atomic E-state index is 13.1. The average Bonchev–Trinajstić information content (AvgIpc) is 2.73. The monoisotopic (exact) mass is 372 g/mol. The van der Waals surface area contributed by atoms with Crippen molar-refractivity contribution < 1.29 is 9.59 Å². The first-order chi connectivity index (χ1) is 13.6. The molecule has 0 fully saturated rings. The van der Waals surface area contributed by atoms with Crippen molar-refractivity contribution in [1.29, 1.82) is 0 Å². The summed E-state index contributed by atoms with van der Waals surface area (Å²) < 4.78 is 0. The Bertz CT molecular complexity index is 939. The minimum absolute atomic E-state index is 0.188. The molecule has 0 radical (unpaired) electrons. The van der Waals surface area contributed by atoms with Gasteiger partial charge in [-0.1, -0.05) is 66.7 Å². The Labute approximate surface area is 166 Å². The number of carbonyl (C=O) groups is 2. The van der Waals surface area contributed by atoms with Crippen LogP contribution < -0.4 is 9.80 Å². The second-order valence-corrected chi connectivity index (χ2v) is 6.72. The molecule has 0 aliphatic rings. The van der Waals surface area contributed by atoms with Gasteiger partial charge in [-0.15, -0.1) is 0 Å². The molecule has 3 aromatic carbocycles. The molecule has 0 N–H and O–H groups in total. The lowest BCUT2D eigenvalue weighted by molar-refractivity contribution is -0.126. The fourth-order valence-corrected chi connectivity index (χ4v) is 3.11. The van der Waals surface area contributed by atoms with E-state index < -0.39 is 0 Å². The molecular formula is C24H24N2O2. The third-order valence-electron chi connectivity index (χ3n) is 4.71. The SMILES string of the molecule is Cc1ccccc1N(C)C(=O)CC(=O)N(Cc1ccccc1)c1ccccc1. The van der Waals surface area contributed by atoms with Gasteiger partial charge < -0.3 is 9.80 Å². The van der Waals surface area contributed by atoms with Gasteiger partial charge >= 0.3 is 0 Å². The maximum Gasteiger partial charge on any atom is 0.236 e. The molecule has 0 spiro atoms. The van der Waals surface area contributed by atoms with Crippen LogP contribution in [-0.2, 0) is 16.1 Å². The van der Waals surface area contributed by atoms with Crippen LogP contribution in [0.25, 0.3) is 0 Å². The summed E-state index contributed by atoms with van der Waals surface area (Å²) in [6.07, 6.45) is -0.188. The van der Waals surface area contributed by atoms with Crippen molar-refractivity contribution in [3.63, 3.8) is 0 Å². The molecule has 142 valence electrons. The number of benzene rings is 3. The van der Waals surface area contributed by atoms with Gasteiger partial charge in [-0.25, -0.2) is 0 Å². The second-order valence-electron chi connectivity index (χ2n) is 6.72. The Morgan fingerprint density at radius 3 is 1.96 bits per heavy atom. The van der Waals surface area contributed by atoms with Crippen LogP contribution in [-0.4, -0.2) is 18.9 Å². The summed E-state index contributed by atoms with van der Waals surface area (Å²) in [4.78, 5) is 29.1. The van der Waals surface area contributed by atoms with E-state index in [2.05, 4.69) is 0 Å². The summed E-state index contributed by atoms with van der Waals surface area (Å²) in [7, 11) is 1.71. The molecule has 0 bridgehead atoms. The van der Waals surface area contributed by atoms with Gasteiger partial charge in [-0.05, 0) is 36.2 Å². The number of anilines is 2. The summed E-state index contributed by atoms with van der Waals surface area (Å²) in [5.74, 6) is -0.450. The highest BCUT2D eigenvalue weighted by Gasteiger charge is 2.22. The zero-order valence-electron chi connectivity index (χ0n) is 16.2. The number of amides is 2. The first-order valence-corrected chi connectivity index (χ1v) is 9.28. The highest BCUT2D eigenvalue weighted by molar-refractivity contribution is 6.10. The Morgan fingerprint density at radius 2 is 1.32 bits per heavy atom. The van der Waals surface area contributed by atoms with Crippen LogP contribution in [0, 0.1) is 6.92 Å². The molecule has 0 aliphatic heterocycles. The number of rotatable bonds is 6. The molecule has 2 amide bonds. The fraction of sp³-hybridized carbons (Fsp3) is 0.167. The summed E-state index contributed by atoms with van der Waals surface area (Å²) in [5, 5.41) is 0. The smallest absolute Gasteiger partial charge is 0.236 e. The number of para-hydroxylation sites is 2. The molecule has 0 saturated heterocycles. The minimum Gasteiger partial charge on any atom is -0.315 e. The predicted molar refractivity (Wildman–Crippen MR) is 113 cm³/mol. The topological polar surface area (TPSA) is 40.6 Å². The van der Waals surface area contributed by atoms with Gasteiger partial charge in [0, 0.05) is 18.4 Å². The molecule has 0 aromatic heterocycles. The zero-order chi connectivity index (χ0) is 19.9. The number of carbonyl (C=O) groups excluding carboxylic acids is 2. The number of hydrogen-bond donors (Lipinski definition) is 0. The van der Waals surface area contributed by atoms with Crippen LogP contribution in [0.2, 0.25) is 0 Å². The highest BCUT2D eigenvalue weighted by Crippen LogP contribution is 2.21. The lowest BCUT2D eigenvalue weighted by Gasteiger charge is -2.25. The third kappa shape index (κ3) is 4.65. The third-order valence-corrected chi connectivity index (χ3v) is 4.71. The second kappa shape index (κ2) is 9.00. The van der Waals surface area contributed by atoms with Crippen LogP contribution in [0.3, 0.4) is 0 Å². The van der Waals surface area contributed by atoms with Crippen molar-refractivity contribution in [3.8, 4) is 0 Å². The maximum atomic E-state index is 13.1. The van der Waals surface area contributed by atoms with Gasteiger partial charge in [0.1, 0.15) is 6.42 Å². The van der Waals surface area contributed by atoms with Crippen molar-refractivity contribution >= 4 is 23.2 Å². The summed E-state index contributed by atoms with van der Waals surface area (Å²) in [6.45, 7) is 2.37. The van der Waals surface area contributed by atoms with Gasteiger partial charge in [0.25, 0.3) is 0 Å². The molecule has 0 saturated carbocycles. The summed E-state index contributed by atoms with van der Waals surface area (Å²) in [6, 6.07) is 26.9. The lowest BCUT2D eigenvalue weighted by Crippen LogP contribution is -2.36. The van der Waals surface area contributed by atoms with Crippen LogP contribution in [0.15, 0.2) is 84.9 Å². The highest BCUT2D eigenvalue weighted by atomic mass is 16.2. The van der Waals surface area contributed by atoms with Gasteiger partial charge in [0.2, 0.25) is 11.8 Å². The standard InChI is InChI=1S/C24H24N2O2/c1-19-11-9-10-16-22(19)25(2)23(27)17-24(28)26(21-14-7-4-8-15-21)18-20-12-5-3-6-13-20/h3-16H,17-18H2,1-2H3. The quantitative estimate of drug-likeness (QED) is 0.594. The van der Waals surface area contributed by atoms with E-state index >= 15 is 0 Å². The van der Waals surface area contributed by atoms with E-state index in [-0.39, 0.29) is 18.2 Å². The number of nitrogens with zero attached hydrogens (tertiary/aromatic N) is 2. The molecule has 0 heterocycles. The van der Waals surface area contributed by atoms with Gasteiger partial charge in [-0.2, -0.15) is 0 Å². The number of aryl methyl sites for hydroxylation is 1. The molecular weight excluding hydrogens is 348 g/mol. The van der Waals surface area contributed by atoms with Gasteiger partial charge in [-0.3, -0.25) is 9.59 Å². The van der Waals surface area contributed by atoms with Crippen LogP contribution in [0.4, 0.5) is 11.4 Å². The van der Waals surface area contributed by atoms with Gasteiger partial charge in [0.15, 0.2) is 0 Å². The largest absolute Gasteiger partial charge is 0.315 e.